The molecule has 14 heavy (non-hydrogen) atoms. The maximum atomic E-state index is 5.63. The van der Waals surface area contributed by atoms with Crippen molar-refractivity contribution in [2.75, 3.05) is 18.9 Å². The Hall–Kier alpha value is -0.350. The van der Waals surface area contributed by atoms with E-state index in [0.717, 1.165) is 25.8 Å². The molecule has 0 heterocycles. The van der Waals surface area contributed by atoms with Crippen molar-refractivity contribution in [1.29, 1.82) is 0 Å². The highest BCUT2D eigenvalue weighted by Crippen LogP contribution is 1.98. The molecule has 0 rings (SSSR count). The molecule has 0 bridgehead atoms. The van der Waals surface area contributed by atoms with Gasteiger partial charge in [-0.3, -0.25) is 0 Å². The summed E-state index contributed by atoms with van der Waals surface area (Å²) in [5.74, 6) is 1.35. The monoisotopic (exact) mass is 218 g/mol. The first-order chi connectivity index (χ1) is 6.66. The van der Waals surface area contributed by atoms with E-state index in [2.05, 4.69) is 24.5 Å². The molecule has 0 spiro atoms. The van der Waals surface area contributed by atoms with Gasteiger partial charge in [0.1, 0.15) is 0 Å². The normalized spacial score (nSPS) is 12.2. The topological polar surface area (TPSA) is 47.3 Å². The van der Waals surface area contributed by atoms with Crippen LogP contribution in [0.15, 0.2) is 12.5 Å². The average molecular weight is 218 g/mol. The minimum atomic E-state index is 0.304. The van der Waals surface area contributed by atoms with Gasteiger partial charge in [0.05, 0.1) is 6.61 Å². The predicted octanol–water partition coefficient (Wildman–Crippen LogP) is 1.51. The van der Waals surface area contributed by atoms with Crippen LogP contribution < -0.4 is 11.1 Å². The maximum absolute atomic E-state index is 5.63. The lowest BCUT2D eigenvalue weighted by Gasteiger charge is -2.10. The van der Waals surface area contributed by atoms with Crippen molar-refractivity contribution in [2.45, 2.75) is 32.2 Å². The average Bonchev–Trinajstić information content (AvgIpc) is 2.13. The third-order valence-electron chi connectivity index (χ3n) is 1.78. The molecule has 3 N–H and O–H groups in total. The van der Waals surface area contributed by atoms with E-state index < -0.39 is 0 Å². The molecule has 1 unspecified atom stereocenters. The molecule has 0 radical (unpaired) electrons. The van der Waals surface area contributed by atoms with Crippen LogP contribution in [0.3, 0.4) is 0 Å². The van der Waals surface area contributed by atoms with Gasteiger partial charge in [0.2, 0.25) is 0 Å². The quantitative estimate of drug-likeness (QED) is 0.312. The summed E-state index contributed by atoms with van der Waals surface area (Å²) in [6, 6.07) is 0.304. The van der Waals surface area contributed by atoms with Crippen molar-refractivity contribution in [3.63, 3.8) is 0 Å². The van der Waals surface area contributed by atoms with Crippen LogP contribution in [-0.2, 0) is 4.74 Å². The summed E-state index contributed by atoms with van der Waals surface area (Å²) in [6.07, 6.45) is 3.32. The van der Waals surface area contributed by atoms with Gasteiger partial charge in [-0.2, -0.15) is 12.6 Å². The molecule has 0 saturated carbocycles. The number of rotatable bonds is 9. The second-order valence-corrected chi connectivity index (χ2v) is 3.84. The van der Waals surface area contributed by atoms with Crippen LogP contribution in [0.1, 0.15) is 26.2 Å². The first-order valence-corrected chi connectivity index (χ1v) is 5.72. The summed E-state index contributed by atoms with van der Waals surface area (Å²) in [5.41, 5.74) is 5.63. The Morgan fingerprint density at radius 2 is 2.29 bits per heavy atom. The highest BCUT2D eigenvalue weighted by molar-refractivity contribution is 7.80. The molecule has 0 aromatic heterocycles. The van der Waals surface area contributed by atoms with Crippen LogP contribution >= 0.6 is 12.6 Å². The zero-order chi connectivity index (χ0) is 10.8. The highest BCUT2D eigenvalue weighted by Gasteiger charge is 1.95. The minimum absolute atomic E-state index is 0.304. The van der Waals surface area contributed by atoms with Gasteiger partial charge >= 0.3 is 0 Å². The zero-order valence-electron chi connectivity index (χ0n) is 8.96. The molecule has 1 atom stereocenters. The van der Waals surface area contributed by atoms with Crippen LogP contribution in [0.25, 0.3) is 0 Å². The minimum Gasteiger partial charge on any atom is -0.479 e. The highest BCUT2D eigenvalue weighted by atomic mass is 32.1. The largest absolute Gasteiger partial charge is 0.479 e. The molecule has 0 amide bonds. The Morgan fingerprint density at radius 1 is 1.57 bits per heavy atom. The van der Waals surface area contributed by atoms with E-state index >= 15 is 0 Å². The van der Waals surface area contributed by atoms with Crippen LogP contribution in [0.2, 0.25) is 0 Å². The van der Waals surface area contributed by atoms with E-state index in [1.54, 1.807) is 0 Å². The van der Waals surface area contributed by atoms with Crippen molar-refractivity contribution in [3.8, 4) is 0 Å². The van der Waals surface area contributed by atoms with Crippen LogP contribution in [-0.4, -0.2) is 24.9 Å². The van der Waals surface area contributed by atoms with Gasteiger partial charge < -0.3 is 15.8 Å². The van der Waals surface area contributed by atoms with E-state index in [0.29, 0.717) is 24.3 Å². The zero-order valence-corrected chi connectivity index (χ0v) is 9.85. The molecule has 4 heteroatoms. The fraction of sp³-hybridized carbons (Fsp3) is 0.800. The van der Waals surface area contributed by atoms with Gasteiger partial charge in [-0.05, 0) is 26.3 Å². The number of hydrogen-bond donors (Lipinski definition) is 3. The molecule has 0 aliphatic rings. The molecule has 0 aliphatic carbocycles. The maximum Gasteiger partial charge on any atom is 0.179 e. The molecule has 84 valence electrons. The molecule has 0 aromatic rings. The first-order valence-electron chi connectivity index (χ1n) is 5.09. The summed E-state index contributed by atoms with van der Waals surface area (Å²) < 4.78 is 5.21. The van der Waals surface area contributed by atoms with Crippen molar-refractivity contribution in [1.82, 2.24) is 5.32 Å². The number of nitrogens with two attached hydrogens (primary N) is 1. The number of nitrogens with one attached hydrogen (secondary N) is 1. The second-order valence-electron chi connectivity index (χ2n) is 3.40. The fourth-order valence-corrected chi connectivity index (χ4v) is 1.13. The lowest BCUT2D eigenvalue weighted by atomic mass is 10.1. The third-order valence-corrected chi connectivity index (χ3v) is 1.96. The van der Waals surface area contributed by atoms with Crippen molar-refractivity contribution in [2.24, 2.45) is 5.73 Å². The summed E-state index contributed by atoms with van der Waals surface area (Å²) in [5, 5.41) is 3.10. The number of ether oxygens (including phenoxy) is 1. The lowest BCUT2D eigenvalue weighted by molar-refractivity contribution is 0.210. The Kier molecular flexibility index (Phi) is 8.98. The van der Waals surface area contributed by atoms with E-state index in [1.807, 2.05) is 6.92 Å². The van der Waals surface area contributed by atoms with Gasteiger partial charge in [0.15, 0.2) is 5.88 Å². The summed E-state index contributed by atoms with van der Waals surface area (Å²) >= 11 is 4.03. The van der Waals surface area contributed by atoms with E-state index in [4.69, 9.17) is 10.5 Å². The third kappa shape index (κ3) is 9.74. The van der Waals surface area contributed by atoms with Crippen LogP contribution in [0.4, 0.5) is 0 Å². The smallest absolute Gasteiger partial charge is 0.179 e. The molecular formula is C10H22N2OS. The number of hydrogen-bond acceptors (Lipinski definition) is 4. The summed E-state index contributed by atoms with van der Waals surface area (Å²) in [7, 11) is 0. The predicted molar refractivity (Wildman–Crippen MR) is 64.4 cm³/mol. The molecule has 0 fully saturated rings. The fourth-order valence-electron chi connectivity index (χ4n) is 1.04. The molecule has 0 aromatic carbocycles. The van der Waals surface area contributed by atoms with E-state index in [-0.39, 0.29) is 0 Å². The van der Waals surface area contributed by atoms with Crippen molar-refractivity contribution < 1.29 is 4.74 Å². The van der Waals surface area contributed by atoms with Gasteiger partial charge in [0, 0.05) is 18.3 Å². The Bertz CT molecular complexity index is 151. The summed E-state index contributed by atoms with van der Waals surface area (Å²) in [4.78, 5) is 0. The number of unbranched alkanes of at least 4 members (excludes halogenated alkanes) is 1. The second kappa shape index (κ2) is 9.21. The Labute approximate surface area is 92.5 Å². The van der Waals surface area contributed by atoms with Crippen molar-refractivity contribution >= 4 is 12.6 Å². The molecular weight excluding hydrogens is 196 g/mol. The van der Waals surface area contributed by atoms with Gasteiger partial charge in [-0.1, -0.05) is 6.42 Å². The van der Waals surface area contributed by atoms with E-state index in [9.17, 15) is 0 Å². The van der Waals surface area contributed by atoms with Crippen LogP contribution in [0.5, 0.6) is 0 Å². The number of thiol groups is 1. The molecule has 0 aliphatic heterocycles. The Balaban J connectivity index is 3.15. The lowest BCUT2D eigenvalue weighted by Crippen LogP contribution is -2.18. The standard InChI is InChI=1S/C10H22N2OS/c1-9(11)5-3-4-6-12-10(2)13-7-8-14/h9,12,14H,2-8,11H2,1H3. The SMILES string of the molecule is C=C(NCCCCC(C)N)OCCS. The molecule has 0 saturated heterocycles. The van der Waals surface area contributed by atoms with Gasteiger partial charge in [-0.15, -0.1) is 0 Å². The van der Waals surface area contributed by atoms with Crippen LogP contribution in [0, 0.1) is 0 Å². The van der Waals surface area contributed by atoms with E-state index in [1.165, 1.54) is 0 Å². The molecule has 3 nitrogen and oxygen atoms in total. The van der Waals surface area contributed by atoms with Crippen molar-refractivity contribution in [3.05, 3.63) is 12.5 Å². The first kappa shape index (κ1) is 13.7. The summed E-state index contributed by atoms with van der Waals surface area (Å²) in [6.45, 7) is 7.27. The van der Waals surface area contributed by atoms with Gasteiger partial charge in [0.25, 0.3) is 0 Å². The Morgan fingerprint density at radius 3 is 2.86 bits per heavy atom. The van der Waals surface area contributed by atoms with Gasteiger partial charge in [-0.25, -0.2) is 0 Å².